The van der Waals surface area contributed by atoms with E-state index in [1.165, 1.54) is 25.7 Å². The van der Waals surface area contributed by atoms with E-state index >= 15 is 0 Å². The molecule has 1 atom stereocenters. The first kappa shape index (κ1) is 11.1. The Labute approximate surface area is 81.5 Å². The number of nitrogens with one attached hydrogen (secondary N) is 1. The minimum Gasteiger partial charge on any atom is -0.750 e. The lowest BCUT2D eigenvalue weighted by Gasteiger charge is -2.11. The molecule has 0 aromatic rings. The molecule has 1 N–H and O–H groups in total. The molecule has 1 aliphatic rings. The van der Waals surface area contributed by atoms with Crippen LogP contribution in [0.3, 0.4) is 0 Å². The molecule has 0 bridgehead atoms. The minimum absolute atomic E-state index is 0.288. The zero-order chi connectivity index (χ0) is 9.52. The van der Waals surface area contributed by atoms with Gasteiger partial charge in [0.15, 0.2) is 0 Å². The molecule has 0 aromatic heterocycles. The number of rotatable bonds is 6. The Hall–Kier alpha value is 0.0300. The Morgan fingerprint density at radius 1 is 1.46 bits per heavy atom. The summed E-state index contributed by atoms with van der Waals surface area (Å²) in [4.78, 5) is 0. The molecule has 0 saturated heterocycles. The predicted octanol–water partition coefficient (Wildman–Crippen LogP) is 0.719. The van der Waals surface area contributed by atoms with E-state index in [1.807, 2.05) is 0 Å². The molecular weight excluding hydrogens is 190 g/mol. The van der Waals surface area contributed by atoms with E-state index < -0.39 is 11.4 Å². The molecule has 1 aliphatic carbocycles. The van der Waals surface area contributed by atoms with Crippen LogP contribution < -0.4 is 5.32 Å². The second kappa shape index (κ2) is 6.48. The number of hydrogen-bond donors (Lipinski definition) is 1. The molecule has 0 spiro atoms. The van der Waals surface area contributed by atoms with Gasteiger partial charge in [-0.05, 0) is 25.8 Å². The summed E-state index contributed by atoms with van der Waals surface area (Å²) < 4.78 is 24.3. The lowest BCUT2D eigenvalue weighted by atomic mass is 10.2. The van der Waals surface area contributed by atoms with Crippen LogP contribution in [-0.2, 0) is 15.5 Å². The number of hydrogen-bond acceptors (Lipinski definition) is 4. The normalized spacial score (nSPS) is 20.7. The second-order valence-electron chi connectivity index (χ2n) is 3.32. The maximum absolute atomic E-state index is 9.98. The highest BCUT2D eigenvalue weighted by atomic mass is 32.2. The standard InChI is InChI=1S/C8H17NO3S/c10-13(11)12-7-3-6-9-8-4-1-2-5-8/h8-9H,1-7H2,(H,10,11)/p-1. The van der Waals surface area contributed by atoms with Gasteiger partial charge in [-0.3, -0.25) is 0 Å². The SMILES string of the molecule is O=S([O-])OCCCNC1CCCC1. The van der Waals surface area contributed by atoms with E-state index in [2.05, 4.69) is 9.50 Å². The zero-order valence-electron chi connectivity index (χ0n) is 7.66. The van der Waals surface area contributed by atoms with Gasteiger partial charge < -0.3 is 14.1 Å². The topological polar surface area (TPSA) is 61.4 Å². The molecule has 1 rings (SSSR count). The van der Waals surface area contributed by atoms with Gasteiger partial charge in [0.1, 0.15) is 0 Å². The van der Waals surface area contributed by atoms with Crippen molar-refractivity contribution in [2.45, 2.75) is 38.1 Å². The summed E-state index contributed by atoms with van der Waals surface area (Å²) in [6.07, 6.45) is 5.91. The van der Waals surface area contributed by atoms with Crippen molar-refractivity contribution < 1.29 is 12.9 Å². The van der Waals surface area contributed by atoms with E-state index in [-0.39, 0.29) is 6.61 Å². The van der Waals surface area contributed by atoms with Crippen molar-refractivity contribution >= 4 is 11.4 Å². The van der Waals surface area contributed by atoms with Crippen LogP contribution in [0.2, 0.25) is 0 Å². The third kappa shape index (κ3) is 5.36. The van der Waals surface area contributed by atoms with Crippen LogP contribution in [-0.4, -0.2) is 28.0 Å². The molecule has 0 aliphatic heterocycles. The average Bonchev–Trinajstić information content (AvgIpc) is 2.55. The molecule has 0 aromatic carbocycles. The van der Waals surface area contributed by atoms with Crippen molar-refractivity contribution in [2.75, 3.05) is 13.2 Å². The highest BCUT2D eigenvalue weighted by Crippen LogP contribution is 2.17. The predicted molar refractivity (Wildman–Crippen MR) is 49.7 cm³/mol. The molecule has 1 unspecified atom stereocenters. The highest BCUT2D eigenvalue weighted by Gasteiger charge is 2.12. The lowest BCUT2D eigenvalue weighted by Crippen LogP contribution is -2.27. The van der Waals surface area contributed by atoms with Crippen LogP contribution in [0.25, 0.3) is 0 Å². The van der Waals surface area contributed by atoms with Gasteiger partial charge >= 0.3 is 0 Å². The Morgan fingerprint density at radius 3 is 2.77 bits per heavy atom. The van der Waals surface area contributed by atoms with Crippen LogP contribution >= 0.6 is 0 Å². The van der Waals surface area contributed by atoms with Gasteiger partial charge in [-0.25, -0.2) is 4.21 Å². The Kier molecular flexibility index (Phi) is 5.54. The lowest BCUT2D eigenvalue weighted by molar-refractivity contribution is 0.291. The fraction of sp³-hybridized carbons (Fsp3) is 1.00. The summed E-state index contributed by atoms with van der Waals surface area (Å²) in [5, 5.41) is 3.37. The van der Waals surface area contributed by atoms with Gasteiger partial charge in [-0.15, -0.1) is 0 Å². The van der Waals surface area contributed by atoms with Gasteiger partial charge in [0, 0.05) is 6.04 Å². The van der Waals surface area contributed by atoms with E-state index in [0.29, 0.717) is 6.04 Å². The summed E-state index contributed by atoms with van der Waals surface area (Å²) in [6, 6.07) is 0.651. The fourth-order valence-corrected chi connectivity index (χ4v) is 1.89. The highest BCUT2D eigenvalue weighted by molar-refractivity contribution is 7.74. The maximum Gasteiger partial charge on any atom is 0.0842 e. The van der Waals surface area contributed by atoms with Crippen molar-refractivity contribution in [3.8, 4) is 0 Å². The first-order valence-corrected chi connectivity index (χ1v) is 5.75. The van der Waals surface area contributed by atoms with Crippen molar-refractivity contribution in [2.24, 2.45) is 0 Å². The molecule has 0 amide bonds. The smallest absolute Gasteiger partial charge is 0.0842 e. The Bertz CT molecular complexity index is 159. The van der Waals surface area contributed by atoms with Crippen molar-refractivity contribution in [1.29, 1.82) is 0 Å². The fourth-order valence-electron chi connectivity index (χ4n) is 1.64. The van der Waals surface area contributed by atoms with Gasteiger partial charge in [0.2, 0.25) is 0 Å². The molecule has 5 heteroatoms. The van der Waals surface area contributed by atoms with Crippen LogP contribution in [0.4, 0.5) is 0 Å². The van der Waals surface area contributed by atoms with Crippen LogP contribution in [0.1, 0.15) is 32.1 Å². The Morgan fingerprint density at radius 2 is 2.15 bits per heavy atom. The summed E-state index contributed by atoms with van der Waals surface area (Å²) >= 11 is -2.35. The first-order valence-electron chi connectivity index (χ1n) is 4.75. The summed E-state index contributed by atoms with van der Waals surface area (Å²) in [7, 11) is 0. The van der Waals surface area contributed by atoms with E-state index in [0.717, 1.165) is 13.0 Å². The molecule has 4 nitrogen and oxygen atoms in total. The van der Waals surface area contributed by atoms with Gasteiger partial charge in [0.25, 0.3) is 0 Å². The molecule has 78 valence electrons. The third-order valence-electron chi connectivity index (χ3n) is 2.29. The van der Waals surface area contributed by atoms with Crippen LogP contribution in [0.15, 0.2) is 0 Å². The molecule has 1 saturated carbocycles. The van der Waals surface area contributed by atoms with Crippen molar-refractivity contribution in [1.82, 2.24) is 5.32 Å². The van der Waals surface area contributed by atoms with Gasteiger partial charge in [-0.1, -0.05) is 12.8 Å². The monoisotopic (exact) mass is 206 g/mol. The molecule has 13 heavy (non-hydrogen) atoms. The molecular formula is C8H16NO3S-. The van der Waals surface area contributed by atoms with Crippen LogP contribution in [0, 0.1) is 0 Å². The molecule has 1 fully saturated rings. The minimum atomic E-state index is -2.35. The van der Waals surface area contributed by atoms with Crippen molar-refractivity contribution in [3.63, 3.8) is 0 Å². The maximum atomic E-state index is 9.98. The summed E-state index contributed by atoms with van der Waals surface area (Å²) in [5.41, 5.74) is 0. The van der Waals surface area contributed by atoms with E-state index in [9.17, 15) is 8.76 Å². The van der Waals surface area contributed by atoms with E-state index in [4.69, 9.17) is 0 Å². The Balaban J connectivity index is 1.86. The summed E-state index contributed by atoms with van der Waals surface area (Å²) in [5.74, 6) is 0. The van der Waals surface area contributed by atoms with E-state index in [1.54, 1.807) is 0 Å². The molecule has 0 heterocycles. The third-order valence-corrected chi connectivity index (χ3v) is 2.65. The first-order chi connectivity index (χ1) is 6.29. The van der Waals surface area contributed by atoms with Crippen LogP contribution in [0.5, 0.6) is 0 Å². The average molecular weight is 206 g/mol. The van der Waals surface area contributed by atoms with Gasteiger partial charge in [0.05, 0.1) is 18.0 Å². The van der Waals surface area contributed by atoms with Gasteiger partial charge in [-0.2, -0.15) is 0 Å². The molecule has 0 radical (unpaired) electrons. The van der Waals surface area contributed by atoms with Crippen molar-refractivity contribution in [3.05, 3.63) is 0 Å². The largest absolute Gasteiger partial charge is 0.750 e. The zero-order valence-corrected chi connectivity index (χ0v) is 8.48. The second-order valence-corrected chi connectivity index (χ2v) is 3.96. The summed E-state index contributed by atoms with van der Waals surface area (Å²) in [6.45, 7) is 1.14. The quantitative estimate of drug-likeness (QED) is 0.514.